The fourth-order valence-corrected chi connectivity index (χ4v) is 5.03. The predicted octanol–water partition coefficient (Wildman–Crippen LogP) is 5.84. The first-order valence-electron chi connectivity index (χ1n) is 12.0. The first-order chi connectivity index (χ1) is 17.9. The maximum atomic E-state index is 14.7. The van der Waals surface area contributed by atoms with Gasteiger partial charge in [-0.05, 0) is 54.4 Å². The zero-order chi connectivity index (χ0) is 27.9. The van der Waals surface area contributed by atoms with Crippen LogP contribution in [0.4, 0.5) is 13.6 Å². The molecule has 4 rings (SSSR count). The number of halogens is 2. The molecule has 0 aliphatic heterocycles. The number of carboxylic acid groups (broad SMARTS) is 1. The van der Waals surface area contributed by atoms with Crippen LogP contribution in [0.2, 0.25) is 0 Å². The lowest BCUT2D eigenvalue weighted by molar-refractivity contribution is 0.0697. The van der Waals surface area contributed by atoms with Crippen LogP contribution >= 0.6 is 0 Å². The zero-order valence-corrected chi connectivity index (χ0v) is 21.8. The van der Waals surface area contributed by atoms with Crippen LogP contribution in [0, 0.1) is 18.6 Å². The molecule has 7 nitrogen and oxygen atoms in total. The molecule has 3 aromatic carbocycles. The molecule has 1 aromatic heterocycles. The van der Waals surface area contributed by atoms with Crippen molar-refractivity contribution in [1.29, 1.82) is 0 Å². The lowest BCUT2D eigenvalue weighted by Crippen LogP contribution is -2.43. The quantitative estimate of drug-likeness (QED) is 0.297. The number of amides is 2. The number of phenols is 1. The van der Waals surface area contributed by atoms with E-state index >= 15 is 0 Å². The van der Waals surface area contributed by atoms with Gasteiger partial charge in [0.05, 0.1) is 16.5 Å². The van der Waals surface area contributed by atoms with Crippen molar-refractivity contribution in [2.45, 2.75) is 26.2 Å². The van der Waals surface area contributed by atoms with Gasteiger partial charge in [0.2, 0.25) is 0 Å². The molecule has 0 bridgehead atoms. The number of hydrogen-bond acceptors (Lipinski definition) is 3. The summed E-state index contributed by atoms with van der Waals surface area (Å²) >= 11 is 0. The van der Waals surface area contributed by atoms with Gasteiger partial charge in [0.15, 0.2) is 0 Å². The van der Waals surface area contributed by atoms with Gasteiger partial charge >= 0.3 is 12.0 Å². The SMILES string of the molecule is CNC(=O)N(C)CC(C)(C)c1c(-c2ccc(C(=O)O)cc2)c2c(O)cc(F)cc2n1-c1ccc(F)c(C)c1. The number of aromatic carboxylic acids is 1. The number of rotatable bonds is 6. The minimum absolute atomic E-state index is 0.0853. The van der Waals surface area contributed by atoms with Gasteiger partial charge in [-0.15, -0.1) is 0 Å². The Balaban J connectivity index is 2.15. The summed E-state index contributed by atoms with van der Waals surface area (Å²) < 4.78 is 30.7. The summed E-state index contributed by atoms with van der Waals surface area (Å²) in [4.78, 5) is 25.4. The molecule has 1 heterocycles. The Morgan fingerprint density at radius 2 is 1.71 bits per heavy atom. The Morgan fingerprint density at radius 1 is 1.05 bits per heavy atom. The van der Waals surface area contributed by atoms with E-state index in [1.54, 1.807) is 42.8 Å². The summed E-state index contributed by atoms with van der Waals surface area (Å²) in [6, 6.07) is 12.7. The molecule has 0 unspecified atom stereocenters. The largest absolute Gasteiger partial charge is 0.507 e. The van der Waals surface area contributed by atoms with E-state index in [1.165, 1.54) is 36.2 Å². The molecule has 0 aliphatic rings. The Bertz CT molecular complexity index is 1560. The molecule has 0 spiro atoms. The fraction of sp³-hybridized carbons (Fsp3) is 0.241. The summed E-state index contributed by atoms with van der Waals surface area (Å²) in [5.74, 6) is -2.44. The molecular weight excluding hydrogens is 492 g/mol. The smallest absolute Gasteiger partial charge is 0.335 e. The summed E-state index contributed by atoms with van der Waals surface area (Å²) in [7, 11) is 3.18. The summed E-state index contributed by atoms with van der Waals surface area (Å²) in [6.45, 7) is 5.68. The second-order valence-corrected chi connectivity index (χ2v) is 9.99. The number of aryl methyl sites for hydroxylation is 1. The number of likely N-dealkylation sites (N-methyl/N-ethyl adjacent to an activating group) is 1. The minimum Gasteiger partial charge on any atom is -0.507 e. The van der Waals surface area contributed by atoms with Crippen molar-refractivity contribution in [2.24, 2.45) is 0 Å². The third kappa shape index (κ3) is 4.67. The first kappa shape index (κ1) is 26.7. The molecule has 0 atom stereocenters. The highest BCUT2D eigenvalue weighted by atomic mass is 19.1. The summed E-state index contributed by atoms with van der Waals surface area (Å²) in [5.41, 5.74) is 2.31. The molecule has 4 aromatic rings. The van der Waals surface area contributed by atoms with Gasteiger partial charge < -0.3 is 25.0 Å². The van der Waals surface area contributed by atoms with Gasteiger partial charge in [-0.1, -0.05) is 26.0 Å². The molecule has 0 aliphatic carbocycles. The second kappa shape index (κ2) is 9.81. The molecular formula is C29H29F2N3O4. The van der Waals surface area contributed by atoms with Gasteiger partial charge in [-0.25, -0.2) is 18.4 Å². The number of aromatic hydroxyl groups is 1. The lowest BCUT2D eigenvalue weighted by Gasteiger charge is -2.33. The fourth-order valence-electron chi connectivity index (χ4n) is 5.03. The van der Waals surface area contributed by atoms with Crippen molar-refractivity contribution in [3.05, 3.63) is 83.1 Å². The van der Waals surface area contributed by atoms with Crippen LogP contribution in [0.15, 0.2) is 54.6 Å². The van der Waals surface area contributed by atoms with E-state index in [9.17, 15) is 28.6 Å². The maximum Gasteiger partial charge on any atom is 0.335 e. The third-order valence-electron chi connectivity index (χ3n) is 6.67. The monoisotopic (exact) mass is 521 g/mol. The Kier molecular flexibility index (Phi) is 6.88. The lowest BCUT2D eigenvalue weighted by atomic mass is 9.83. The normalized spacial score (nSPS) is 11.6. The highest BCUT2D eigenvalue weighted by Gasteiger charge is 2.35. The molecule has 3 N–H and O–H groups in total. The average molecular weight is 522 g/mol. The molecule has 0 saturated heterocycles. The van der Waals surface area contributed by atoms with E-state index in [1.807, 2.05) is 13.8 Å². The van der Waals surface area contributed by atoms with Gasteiger partial charge in [0.1, 0.15) is 17.4 Å². The number of hydrogen-bond donors (Lipinski definition) is 3. The summed E-state index contributed by atoms with van der Waals surface area (Å²) in [5, 5.41) is 23.4. The van der Waals surface area contributed by atoms with Crippen LogP contribution in [0.3, 0.4) is 0 Å². The number of carbonyl (C=O) groups is 2. The van der Waals surface area contributed by atoms with Crippen molar-refractivity contribution in [1.82, 2.24) is 14.8 Å². The van der Waals surface area contributed by atoms with E-state index in [4.69, 9.17) is 0 Å². The molecule has 0 fully saturated rings. The number of fused-ring (bicyclic) bond motifs is 1. The predicted molar refractivity (Wildman–Crippen MR) is 142 cm³/mol. The van der Waals surface area contributed by atoms with Crippen LogP contribution in [0.25, 0.3) is 27.7 Å². The van der Waals surface area contributed by atoms with Gasteiger partial charge in [0.25, 0.3) is 0 Å². The van der Waals surface area contributed by atoms with Gasteiger partial charge in [-0.3, -0.25) is 0 Å². The molecule has 198 valence electrons. The van der Waals surface area contributed by atoms with Crippen LogP contribution < -0.4 is 5.32 Å². The van der Waals surface area contributed by atoms with Crippen LogP contribution in [0.5, 0.6) is 5.75 Å². The highest BCUT2D eigenvalue weighted by molar-refractivity contribution is 6.04. The van der Waals surface area contributed by atoms with Crippen molar-refractivity contribution in [3.8, 4) is 22.6 Å². The second-order valence-electron chi connectivity index (χ2n) is 9.99. The Labute approximate surface area is 218 Å². The van der Waals surface area contributed by atoms with Crippen molar-refractivity contribution in [3.63, 3.8) is 0 Å². The Morgan fingerprint density at radius 3 is 2.29 bits per heavy atom. The number of urea groups is 1. The van der Waals surface area contributed by atoms with E-state index in [-0.39, 0.29) is 23.9 Å². The summed E-state index contributed by atoms with van der Waals surface area (Å²) in [6.07, 6.45) is 0. The van der Waals surface area contributed by atoms with Crippen molar-refractivity contribution in [2.75, 3.05) is 20.6 Å². The molecule has 0 saturated carbocycles. The van der Waals surface area contributed by atoms with Crippen LogP contribution in [0.1, 0.15) is 35.5 Å². The number of carbonyl (C=O) groups excluding carboxylic acids is 1. The van der Waals surface area contributed by atoms with Crippen LogP contribution in [-0.2, 0) is 5.41 Å². The number of aromatic nitrogens is 1. The first-order valence-corrected chi connectivity index (χ1v) is 12.0. The molecule has 2 amide bonds. The third-order valence-corrected chi connectivity index (χ3v) is 6.67. The maximum absolute atomic E-state index is 14.7. The number of carboxylic acids is 1. The minimum atomic E-state index is -1.08. The number of nitrogens with zero attached hydrogens (tertiary/aromatic N) is 2. The van der Waals surface area contributed by atoms with E-state index in [0.717, 1.165) is 6.07 Å². The van der Waals surface area contributed by atoms with Crippen LogP contribution in [-0.4, -0.2) is 52.3 Å². The van der Waals surface area contributed by atoms with Gasteiger partial charge in [0, 0.05) is 49.1 Å². The topological polar surface area (TPSA) is 94.8 Å². The van der Waals surface area contributed by atoms with E-state index in [0.29, 0.717) is 39.0 Å². The molecule has 9 heteroatoms. The number of benzene rings is 3. The average Bonchev–Trinajstić information content (AvgIpc) is 3.21. The molecule has 38 heavy (non-hydrogen) atoms. The van der Waals surface area contributed by atoms with E-state index < -0.39 is 23.0 Å². The van der Waals surface area contributed by atoms with Crippen molar-refractivity contribution >= 4 is 22.9 Å². The molecule has 0 radical (unpaired) electrons. The van der Waals surface area contributed by atoms with Crippen molar-refractivity contribution < 1.29 is 28.6 Å². The van der Waals surface area contributed by atoms with Gasteiger partial charge in [-0.2, -0.15) is 0 Å². The highest BCUT2D eigenvalue weighted by Crippen LogP contribution is 2.46. The number of phenolic OH excluding ortho intramolecular Hbond substituents is 1. The number of nitrogens with one attached hydrogen (secondary N) is 1. The Hall–Kier alpha value is -4.40. The zero-order valence-electron chi connectivity index (χ0n) is 21.8. The van der Waals surface area contributed by atoms with E-state index in [2.05, 4.69) is 5.32 Å². The standard InChI is InChI=1S/C29H29F2N3O4/c1-16-12-20(10-11-21(16)31)34-22-13-19(30)14-23(35)25(22)24(17-6-8-18(9-7-17)27(36)37)26(34)29(2,3)15-33(5)28(38)32-4/h6-14,35H,15H2,1-5H3,(H,32,38)(H,36,37).